The number of piperazine rings is 1. The standard InChI is InChI=1S/C24H29N3O2S2/c1-17-13-19(3)23(20(4)14-17)31(28,29)27-11-9-26(10-12-27)24-25-22(16-30-24)15-21-8-6-5-7-18(21)2/h5-8,13-14,16H,9-12,15H2,1-4H3. The van der Waals surface area contributed by atoms with Gasteiger partial charge in [0, 0.05) is 38.0 Å². The van der Waals surface area contributed by atoms with E-state index in [1.54, 1.807) is 15.6 Å². The van der Waals surface area contributed by atoms with Crippen molar-refractivity contribution in [2.75, 3.05) is 31.1 Å². The van der Waals surface area contributed by atoms with E-state index in [-0.39, 0.29) is 0 Å². The Kier molecular flexibility index (Phi) is 6.19. The summed E-state index contributed by atoms with van der Waals surface area (Å²) >= 11 is 1.64. The fourth-order valence-electron chi connectivity index (χ4n) is 4.35. The Morgan fingerprint density at radius 1 is 0.935 bits per heavy atom. The molecule has 31 heavy (non-hydrogen) atoms. The lowest BCUT2D eigenvalue weighted by molar-refractivity contribution is 0.384. The van der Waals surface area contributed by atoms with Crippen molar-refractivity contribution in [3.8, 4) is 0 Å². The van der Waals surface area contributed by atoms with Crippen molar-refractivity contribution in [2.45, 2.75) is 39.0 Å². The van der Waals surface area contributed by atoms with Gasteiger partial charge in [0.25, 0.3) is 0 Å². The van der Waals surface area contributed by atoms with Gasteiger partial charge in [-0.15, -0.1) is 11.3 Å². The Balaban J connectivity index is 1.45. The van der Waals surface area contributed by atoms with Gasteiger partial charge in [0.15, 0.2) is 5.13 Å². The quantitative estimate of drug-likeness (QED) is 0.569. The van der Waals surface area contributed by atoms with Crippen molar-refractivity contribution in [1.82, 2.24) is 9.29 Å². The van der Waals surface area contributed by atoms with E-state index in [4.69, 9.17) is 4.98 Å². The molecule has 1 saturated heterocycles. The summed E-state index contributed by atoms with van der Waals surface area (Å²) < 4.78 is 28.3. The zero-order chi connectivity index (χ0) is 22.2. The Hall–Kier alpha value is -2.22. The number of aromatic nitrogens is 1. The Bertz CT molecular complexity index is 1170. The van der Waals surface area contributed by atoms with Crippen LogP contribution >= 0.6 is 11.3 Å². The van der Waals surface area contributed by atoms with Gasteiger partial charge in [0.2, 0.25) is 10.0 Å². The first kappa shape index (κ1) is 22.0. The van der Waals surface area contributed by atoms with Gasteiger partial charge in [0.1, 0.15) is 0 Å². The van der Waals surface area contributed by atoms with Gasteiger partial charge in [-0.1, -0.05) is 42.0 Å². The maximum Gasteiger partial charge on any atom is 0.243 e. The van der Waals surface area contributed by atoms with Gasteiger partial charge >= 0.3 is 0 Å². The van der Waals surface area contributed by atoms with Crippen LogP contribution in [-0.4, -0.2) is 43.9 Å². The molecule has 4 rings (SSSR count). The minimum absolute atomic E-state index is 0.460. The first-order valence-corrected chi connectivity index (χ1v) is 12.9. The summed E-state index contributed by atoms with van der Waals surface area (Å²) in [7, 11) is -3.50. The molecule has 0 saturated carbocycles. The van der Waals surface area contributed by atoms with Crippen LogP contribution in [0.25, 0.3) is 0 Å². The Morgan fingerprint density at radius 3 is 2.23 bits per heavy atom. The highest BCUT2D eigenvalue weighted by Crippen LogP contribution is 2.28. The highest BCUT2D eigenvalue weighted by molar-refractivity contribution is 7.89. The number of hydrogen-bond acceptors (Lipinski definition) is 5. The molecule has 0 atom stereocenters. The zero-order valence-corrected chi connectivity index (χ0v) is 20.2. The molecule has 2 aromatic carbocycles. The second-order valence-electron chi connectivity index (χ2n) is 8.34. The molecule has 1 aliphatic heterocycles. The molecule has 0 radical (unpaired) electrons. The average Bonchev–Trinajstić information content (AvgIpc) is 3.17. The van der Waals surface area contributed by atoms with Gasteiger partial charge in [-0.25, -0.2) is 13.4 Å². The van der Waals surface area contributed by atoms with Gasteiger partial charge in [-0.05, 0) is 49.9 Å². The molecule has 0 unspecified atom stereocenters. The van der Waals surface area contributed by atoms with Gasteiger partial charge in [-0.2, -0.15) is 4.31 Å². The van der Waals surface area contributed by atoms with E-state index in [1.165, 1.54) is 11.1 Å². The molecule has 3 aromatic rings. The lowest BCUT2D eigenvalue weighted by Gasteiger charge is -2.34. The molecule has 1 aromatic heterocycles. The third-order valence-corrected chi connectivity index (χ3v) is 9.04. The lowest BCUT2D eigenvalue weighted by atomic mass is 10.1. The van der Waals surface area contributed by atoms with Crippen LogP contribution < -0.4 is 4.90 Å². The molecule has 164 valence electrons. The molecule has 0 N–H and O–H groups in total. The van der Waals surface area contributed by atoms with Crippen LogP contribution in [0.5, 0.6) is 0 Å². The van der Waals surface area contributed by atoms with Crippen molar-refractivity contribution >= 4 is 26.5 Å². The zero-order valence-electron chi connectivity index (χ0n) is 18.6. The molecule has 0 aliphatic carbocycles. The first-order valence-electron chi connectivity index (χ1n) is 10.6. The largest absolute Gasteiger partial charge is 0.345 e. The predicted molar refractivity (Wildman–Crippen MR) is 128 cm³/mol. The SMILES string of the molecule is Cc1cc(C)c(S(=O)(=O)N2CCN(c3nc(Cc4ccccc4C)cs3)CC2)c(C)c1. The molecule has 1 fully saturated rings. The normalized spacial score (nSPS) is 15.4. The smallest absolute Gasteiger partial charge is 0.243 e. The Morgan fingerprint density at radius 2 is 1.58 bits per heavy atom. The highest BCUT2D eigenvalue weighted by atomic mass is 32.2. The second kappa shape index (κ2) is 8.73. The third-order valence-electron chi connectivity index (χ3n) is 5.88. The lowest BCUT2D eigenvalue weighted by Crippen LogP contribution is -2.48. The van der Waals surface area contributed by atoms with Gasteiger partial charge in [-0.3, -0.25) is 0 Å². The van der Waals surface area contributed by atoms with Crippen molar-refractivity contribution in [2.24, 2.45) is 0 Å². The average molecular weight is 456 g/mol. The van der Waals surface area contributed by atoms with E-state index >= 15 is 0 Å². The third kappa shape index (κ3) is 4.54. The molecule has 0 amide bonds. The van der Waals surface area contributed by atoms with Crippen LogP contribution in [0.1, 0.15) is 33.5 Å². The van der Waals surface area contributed by atoms with E-state index in [9.17, 15) is 8.42 Å². The first-order chi connectivity index (χ1) is 14.8. The summed E-state index contributed by atoms with van der Waals surface area (Å²) in [6.07, 6.45) is 0.823. The topological polar surface area (TPSA) is 53.5 Å². The van der Waals surface area contributed by atoms with Crippen LogP contribution in [-0.2, 0) is 16.4 Å². The molecule has 1 aliphatic rings. The van der Waals surface area contributed by atoms with Crippen molar-refractivity contribution in [3.05, 3.63) is 75.3 Å². The van der Waals surface area contributed by atoms with Gasteiger partial charge in [0.05, 0.1) is 10.6 Å². The number of benzene rings is 2. The summed E-state index contributed by atoms with van der Waals surface area (Å²) in [6.45, 7) is 10.1. The number of aryl methyl sites for hydroxylation is 4. The van der Waals surface area contributed by atoms with Crippen molar-refractivity contribution in [3.63, 3.8) is 0 Å². The summed E-state index contributed by atoms with van der Waals surface area (Å²) in [4.78, 5) is 7.49. The van der Waals surface area contributed by atoms with E-state index < -0.39 is 10.0 Å². The summed E-state index contributed by atoms with van der Waals surface area (Å²) in [5.41, 5.74) is 6.36. The van der Waals surface area contributed by atoms with Crippen molar-refractivity contribution in [1.29, 1.82) is 0 Å². The summed E-state index contributed by atoms with van der Waals surface area (Å²) in [5.74, 6) is 0. The summed E-state index contributed by atoms with van der Waals surface area (Å²) in [6, 6.07) is 12.3. The highest BCUT2D eigenvalue weighted by Gasteiger charge is 2.31. The number of hydrogen-bond donors (Lipinski definition) is 0. The maximum absolute atomic E-state index is 13.3. The number of anilines is 1. The molecular formula is C24H29N3O2S2. The van der Waals surface area contributed by atoms with Crippen LogP contribution in [0, 0.1) is 27.7 Å². The molecular weight excluding hydrogens is 426 g/mol. The fourth-order valence-corrected chi connectivity index (χ4v) is 7.06. The molecule has 5 nitrogen and oxygen atoms in total. The van der Waals surface area contributed by atoms with Gasteiger partial charge < -0.3 is 4.90 Å². The van der Waals surface area contributed by atoms with Crippen LogP contribution in [0.3, 0.4) is 0 Å². The number of rotatable bonds is 5. The minimum atomic E-state index is -3.50. The number of nitrogens with zero attached hydrogens (tertiary/aromatic N) is 3. The maximum atomic E-state index is 13.3. The number of thiazole rings is 1. The van der Waals surface area contributed by atoms with E-state index in [0.717, 1.165) is 33.9 Å². The summed E-state index contributed by atoms with van der Waals surface area (Å²) in [5, 5.41) is 3.09. The van der Waals surface area contributed by atoms with Crippen molar-refractivity contribution < 1.29 is 8.42 Å². The van der Waals surface area contributed by atoms with E-state index in [2.05, 4.69) is 41.5 Å². The monoisotopic (exact) mass is 455 g/mol. The van der Waals surface area contributed by atoms with Crippen LogP contribution in [0.4, 0.5) is 5.13 Å². The van der Waals surface area contributed by atoms with E-state index in [1.807, 2.05) is 32.9 Å². The molecule has 0 spiro atoms. The molecule has 2 heterocycles. The molecule has 0 bridgehead atoms. The number of sulfonamides is 1. The van der Waals surface area contributed by atoms with Crippen LogP contribution in [0.15, 0.2) is 46.7 Å². The predicted octanol–water partition coefficient (Wildman–Crippen LogP) is 4.48. The second-order valence-corrected chi connectivity index (χ2v) is 11.1. The molecule has 7 heteroatoms. The fraction of sp³-hybridized carbons (Fsp3) is 0.375. The Labute approximate surface area is 189 Å². The van der Waals surface area contributed by atoms with E-state index in [0.29, 0.717) is 31.1 Å². The van der Waals surface area contributed by atoms with Crippen LogP contribution in [0.2, 0.25) is 0 Å². The minimum Gasteiger partial charge on any atom is -0.345 e.